The second-order valence-electron chi connectivity index (χ2n) is 9.79. The lowest BCUT2D eigenvalue weighted by Gasteiger charge is -2.21. The lowest BCUT2D eigenvalue weighted by atomic mass is 10.0. The summed E-state index contributed by atoms with van der Waals surface area (Å²) >= 11 is 0. The van der Waals surface area contributed by atoms with Crippen molar-refractivity contribution in [3.8, 4) is 5.75 Å². The number of nitrogens with zero attached hydrogens (tertiary/aromatic N) is 1. The van der Waals surface area contributed by atoms with Gasteiger partial charge in [-0.3, -0.25) is 19.3 Å². The van der Waals surface area contributed by atoms with Crippen LogP contribution in [0.2, 0.25) is 0 Å². The topological polar surface area (TPSA) is 129 Å². The molecule has 5 rings (SSSR count). The molecule has 0 radical (unpaired) electrons. The maximum atomic E-state index is 13.2. The van der Waals surface area contributed by atoms with Crippen LogP contribution < -0.4 is 10.1 Å². The molecule has 0 fully saturated rings. The first-order valence-corrected chi connectivity index (χ1v) is 13.7. The number of fused-ring (bicyclic) bond motifs is 1. The number of rotatable bonds is 11. The second kappa shape index (κ2) is 13.3. The molecule has 9 nitrogen and oxygen atoms in total. The van der Waals surface area contributed by atoms with Crippen molar-refractivity contribution >= 4 is 34.6 Å². The van der Waals surface area contributed by atoms with Crippen molar-refractivity contribution in [2.75, 3.05) is 13.2 Å². The number of benzene rings is 4. The van der Waals surface area contributed by atoms with Crippen molar-refractivity contribution in [3.05, 3.63) is 138 Å². The largest absolute Gasteiger partial charge is 0.492 e. The number of H-pyrrole nitrogens is 1. The highest BCUT2D eigenvalue weighted by atomic mass is 16.5. The van der Waals surface area contributed by atoms with E-state index in [-0.39, 0.29) is 25.1 Å². The maximum absolute atomic E-state index is 13.2. The van der Waals surface area contributed by atoms with Gasteiger partial charge in [-0.15, -0.1) is 0 Å². The van der Waals surface area contributed by atoms with E-state index >= 15 is 0 Å². The fraction of sp³-hybridized carbons (Fsp3) is 0.118. The Labute approximate surface area is 247 Å². The number of imide groups is 1. The first-order valence-electron chi connectivity index (χ1n) is 13.7. The summed E-state index contributed by atoms with van der Waals surface area (Å²) in [6, 6.07) is 29.7. The van der Waals surface area contributed by atoms with Gasteiger partial charge in [0.25, 0.3) is 17.7 Å². The molecule has 9 heteroatoms. The van der Waals surface area contributed by atoms with E-state index in [1.165, 1.54) is 12.1 Å². The van der Waals surface area contributed by atoms with Crippen LogP contribution in [0.25, 0.3) is 10.9 Å². The van der Waals surface area contributed by atoms with Gasteiger partial charge in [0.2, 0.25) is 0 Å². The van der Waals surface area contributed by atoms with Crippen molar-refractivity contribution in [1.82, 2.24) is 15.2 Å². The summed E-state index contributed by atoms with van der Waals surface area (Å²) in [6.07, 6.45) is 1.87. The Kier molecular flexibility index (Phi) is 8.92. The highest BCUT2D eigenvalue weighted by Crippen LogP contribution is 2.20. The highest BCUT2D eigenvalue weighted by Gasteiger charge is 2.25. The van der Waals surface area contributed by atoms with Crippen molar-refractivity contribution in [2.24, 2.45) is 0 Å². The first-order chi connectivity index (χ1) is 20.9. The Morgan fingerprint density at radius 1 is 0.744 bits per heavy atom. The van der Waals surface area contributed by atoms with Crippen LogP contribution in [-0.4, -0.2) is 57.9 Å². The summed E-state index contributed by atoms with van der Waals surface area (Å²) in [7, 11) is 0. The number of carboxylic acids is 1. The standard InChI is InChI=1S/C34H29N3O6/c38-31(36-30(34(41)42)21-26-22-35-29-14-8-7-13-28(26)29)23-15-17-27(18-16-23)43-20-19-37(32(39)24-9-3-1-4-10-24)33(40)25-11-5-2-6-12-25/h1-18,22,30,35H,19-21H2,(H,36,38)(H,41,42). The normalized spacial score (nSPS) is 11.4. The van der Waals surface area contributed by atoms with Gasteiger partial charge in [0, 0.05) is 40.2 Å². The first kappa shape index (κ1) is 28.8. The van der Waals surface area contributed by atoms with Crippen molar-refractivity contribution in [1.29, 1.82) is 0 Å². The molecule has 4 aromatic carbocycles. The van der Waals surface area contributed by atoms with Gasteiger partial charge in [-0.25, -0.2) is 4.79 Å². The van der Waals surface area contributed by atoms with E-state index in [0.717, 1.165) is 21.4 Å². The summed E-state index contributed by atoms with van der Waals surface area (Å²) < 4.78 is 5.80. The van der Waals surface area contributed by atoms with Gasteiger partial charge in [0.1, 0.15) is 18.4 Å². The van der Waals surface area contributed by atoms with E-state index in [2.05, 4.69) is 10.3 Å². The van der Waals surface area contributed by atoms with Gasteiger partial charge in [0.15, 0.2) is 0 Å². The molecule has 0 saturated carbocycles. The number of aromatic nitrogens is 1. The summed E-state index contributed by atoms with van der Waals surface area (Å²) in [5.74, 6) is -2.13. The van der Waals surface area contributed by atoms with Crippen LogP contribution in [0.3, 0.4) is 0 Å². The fourth-order valence-electron chi connectivity index (χ4n) is 4.69. The monoisotopic (exact) mass is 575 g/mol. The number of aliphatic carboxylic acids is 1. The molecule has 0 saturated heterocycles. The van der Waals surface area contributed by atoms with Gasteiger partial charge in [-0.05, 0) is 60.2 Å². The van der Waals surface area contributed by atoms with Crippen molar-refractivity contribution in [2.45, 2.75) is 12.5 Å². The summed E-state index contributed by atoms with van der Waals surface area (Å²) in [5.41, 5.74) is 2.70. The number of hydrogen-bond donors (Lipinski definition) is 3. The van der Waals surface area contributed by atoms with E-state index in [1.807, 2.05) is 24.3 Å². The number of hydrogen-bond acceptors (Lipinski definition) is 5. The number of para-hydroxylation sites is 1. The van der Waals surface area contributed by atoms with Crippen LogP contribution in [0.4, 0.5) is 0 Å². The van der Waals surface area contributed by atoms with Gasteiger partial charge in [-0.2, -0.15) is 0 Å². The Hall–Kier alpha value is -5.70. The Bertz CT molecular complexity index is 1680. The highest BCUT2D eigenvalue weighted by molar-refractivity contribution is 6.10. The third-order valence-corrected chi connectivity index (χ3v) is 6.93. The van der Waals surface area contributed by atoms with Crippen molar-refractivity contribution in [3.63, 3.8) is 0 Å². The smallest absolute Gasteiger partial charge is 0.326 e. The molecule has 43 heavy (non-hydrogen) atoms. The predicted molar refractivity (Wildman–Crippen MR) is 161 cm³/mol. The Morgan fingerprint density at radius 2 is 1.33 bits per heavy atom. The number of aromatic amines is 1. The van der Waals surface area contributed by atoms with Gasteiger partial charge in [0.05, 0.1) is 6.54 Å². The van der Waals surface area contributed by atoms with E-state index in [0.29, 0.717) is 16.9 Å². The number of ether oxygens (including phenoxy) is 1. The minimum Gasteiger partial charge on any atom is -0.492 e. The average molecular weight is 576 g/mol. The zero-order valence-electron chi connectivity index (χ0n) is 23.1. The van der Waals surface area contributed by atoms with Gasteiger partial charge >= 0.3 is 5.97 Å². The maximum Gasteiger partial charge on any atom is 0.326 e. The molecule has 216 valence electrons. The molecule has 1 unspecified atom stereocenters. The minimum absolute atomic E-state index is 0.00216. The molecular formula is C34H29N3O6. The molecule has 1 heterocycles. The molecule has 5 aromatic rings. The minimum atomic E-state index is -1.14. The Morgan fingerprint density at radius 3 is 1.93 bits per heavy atom. The molecule has 3 amide bonds. The molecular weight excluding hydrogens is 546 g/mol. The SMILES string of the molecule is O=C(NC(Cc1c[nH]c2ccccc12)C(=O)O)c1ccc(OCCN(C(=O)c2ccccc2)C(=O)c2ccccc2)cc1. The lowest BCUT2D eigenvalue weighted by Crippen LogP contribution is -2.42. The van der Waals surface area contributed by atoms with Crippen LogP contribution in [0.1, 0.15) is 36.6 Å². The molecule has 0 bridgehead atoms. The zero-order valence-corrected chi connectivity index (χ0v) is 23.1. The molecule has 0 spiro atoms. The van der Waals surface area contributed by atoms with Crippen LogP contribution in [0, 0.1) is 0 Å². The molecule has 0 aliphatic carbocycles. The van der Waals surface area contributed by atoms with Crippen LogP contribution in [0.5, 0.6) is 5.75 Å². The number of carboxylic acid groups (broad SMARTS) is 1. The molecule has 0 aliphatic heterocycles. The summed E-state index contributed by atoms with van der Waals surface area (Å²) in [4.78, 5) is 55.4. The molecule has 0 aliphatic rings. The van der Waals surface area contributed by atoms with Crippen LogP contribution in [-0.2, 0) is 11.2 Å². The number of carbonyl (C=O) groups excluding carboxylic acids is 3. The van der Waals surface area contributed by atoms with Gasteiger partial charge < -0.3 is 20.1 Å². The summed E-state index contributed by atoms with van der Waals surface area (Å²) in [5, 5.41) is 13.2. The van der Waals surface area contributed by atoms with Crippen molar-refractivity contribution < 1.29 is 29.0 Å². The summed E-state index contributed by atoms with van der Waals surface area (Å²) in [6.45, 7) is 0.0201. The second-order valence-corrected chi connectivity index (χ2v) is 9.79. The quantitative estimate of drug-likeness (QED) is 0.191. The van der Waals surface area contributed by atoms with E-state index in [1.54, 1.807) is 79.0 Å². The molecule has 1 aromatic heterocycles. The van der Waals surface area contributed by atoms with E-state index in [4.69, 9.17) is 4.74 Å². The molecule has 1 atom stereocenters. The van der Waals surface area contributed by atoms with E-state index < -0.39 is 29.7 Å². The third-order valence-electron chi connectivity index (χ3n) is 6.93. The average Bonchev–Trinajstić information content (AvgIpc) is 3.46. The zero-order chi connectivity index (χ0) is 30.2. The Balaban J connectivity index is 1.21. The van der Waals surface area contributed by atoms with Crippen LogP contribution >= 0.6 is 0 Å². The predicted octanol–water partition coefficient (Wildman–Crippen LogP) is 4.96. The third kappa shape index (κ3) is 6.97. The lowest BCUT2D eigenvalue weighted by molar-refractivity contribution is -0.139. The molecule has 3 N–H and O–H groups in total. The van der Waals surface area contributed by atoms with E-state index in [9.17, 15) is 24.3 Å². The number of nitrogens with one attached hydrogen (secondary N) is 2. The number of carbonyl (C=O) groups is 4. The van der Waals surface area contributed by atoms with Gasteiger partial charge in [-0.1, -0.05) is 54.6 Å². The van der Waals surface area contributed by atoms with Crippen LogP contribution in [0.15, 0.2) is 115 Å². The number of amides is 3. The fourth-order valence-corrected chi connectivity index (χ4v) is 4.69.